The third kappa shape index (κ3) is 6.21. The van der Waals surface area contributed by atoms with Crippen LogP contribution in [-0.2, 0) is 35.0 Å². The molecule has 2 aliphatic rings. The molecule has 11 heteroatoms. The molecule has 2 N–H and O–H groups in total. The first-order chi connectivity index (χ1) is 15.9. The number of piperidine rings is 1. The zero-order valence-corrected chi connectivity index (χ0v) is 18.0. The molecule has 2 heterocycles. The number of aryl methyl sites for hydroxylation is 1. The van der Waals surface area contributed by atoms with Gasteiger partial charge in [0.15, 0.2) is 0 Å². The van der Waals surface area contributed by atoms with E-state index in [0.717, 1.165) is 4.90 Å². The van der Waals surface area contributed by atoms with Crippen molar-refractivity contribution >= 4 is 29.6 Å². The number of fused-ring (bicyclic) bond motifs is 1. The molecule has 1 fully saturated rings. The van der Waals surface area contributed by atoms with E-state index in [9.17, 15) is 24.0 Å². The number of carboxylic acids is 1. The molecule has 4 amide bonds. The van der Waals surface area contributed by atoms with E-state index in [1.807, 2.05) is 0 Å². The minimum Gasteiger partial charge on any atom is -0.480 e. The van der Waals surface area contributed by atoms with Gasteiger partial charge in [-0.25, -0.2) is 4.79 Å². The normalized spacial score (nSPS) is 17.9. The molecule has 0 saturated carbocycles. The van der Waals surface area contributed by atoms with E-state index in [-0.39, 0.29) is 38.2 Å². The highest BCUT2D eigenvalue weighted by Gasteiger charge is 2.45. The van der Waals surface area contributed by atoms with Crippen LogP contribution in [-0.4, -0.2) is 85.3 Å². The number of ether oxygens (including phenoxy) is 3. The van der Waals surface area contributed by atoms with Gasteiger partial charge in [-0.3, -0.25) is 29.4 Å². The van der Waals surface area contributed by atoms with Crippen LogP contribution < -0.4 is 5.32 Å². The number of carboxylic acid groups (broad SMARTS) is 1. The number of aliphatic carboxylic acids is 1. The molecule has 0 bridgehead atoms. The molecule has 0 aliphatic carbocycles. The first-order valence-electron chi connectivity index (χ1n) is 10.7. The summed E-state index contributed by atoms with van der Waals surface area (Å²) in [6.45, 7) is 1.21. The summed E-state index contributed by atoms with van der Waals surface area (Å²) in [5.41, 5.74) is 1.27. The average molecular weight is 462 g/mol. The van der Waals surface area contributed by atoms with Crippen LogP contribution in [0.15, 0.2) is 18.2 Å². The molecule has 2 aliphatic heterocycles. The Bertz CT molecular complexity index is 930. The number of benzene rings is 1. The lowest BCUT2D eigenvalue weighted by Crippen LogP contribution is -2.54. The number of nitrogens with one attached hydrogen (secondary N) is 1. The number of carbonyl (C=O) groups is 5. The second-order valence-electron chi connectivity index (χ2n) is 7.56. The van der Waals surface area contributed by atoms with Crippen molar-refractivity contribution < 1.29 is 43.3 Å². The Morgan fingerprint density at radius 1 is 1.00 bits per heavy atom. The second kappa shape index (κ2) is 11.6. The predicted molar refractivity (Wildman–Crippen MR) is 112 cm³/mol. The monoisotopic (exact) mass is 462 g/mol. The average Bonchev–Trinajstić information content (AvgIpc) is 3.03. The SMILES string of the molecule is O=C(O)COCCOCCOCCCc1cccc2c1C(=O)N(C1CCC(=O)NC1=O)C2=O. The van der Waals surface area contributed by atoms with Crippen molar-refractivity contribution in [2.75, 3.05) is 39.6 Å². The number of nitrogens with zero attached hydrogens (tertiary/aromatic N) is 1. The summed E-state index contributed by atoms with van der Waals surface area (Å²) in [5.74, 6) is -3.11. The lowest BCUT2D eigenvalue weighted by molar-refractivity contribution is -0.143. The maximum absolute atomic E-state index is 13.0. The largest absolute Gasteiger partial charge is 0.480 e. The molecule has 1 unspecified atom stereocenters. The van der Waals surface area contributed by atoms with Gasteiger partial charge in [0, 0.05) is 13.0 Å². The van der Waals surface area contributed by atoms with Crippen molar-refractivity contribution in [3.63, 3.8) is 0 Å². The van der Waals surface area contributed by atoms with Crippen LogP contribution in [0.1, 0.15) is 45.5 Å². The van der Waals surface area contributed by atoms with Crippen molar-refractivity contribution in [2.24, 2.45) is 0 Å². The summed E-state index contributed by atoms with van der Waals surface area (Å²) in [6.07, 6.45) is 1.31. The van der Waals surface area contributed by atoms with Crippen molar-refractivity contribution in [3.8, 4) is 0 Å². The first-order valence-corrected chi connectivity index (χ1v) is 10.7. The molecule has 0 aromatic heterocycles. The van der Waals surface area contributed by atoms with Crippen LogP contribution in [0, 0.1) is 0 Å². The zero-order chi connectivity index (χ0) is 23.8. The molecule has 11 nitrogen and oxygen atoms in total. The Balaban J connectivity index is 1.44. The highest BCUT2D eigenvalue weighted by Crippen LogP contribution is 2.30. The molecule has 0 spiro atoms. The van der Waals surface area contributed by atoms with Crippen molar-refractivity contribution in [3.05, 3.63) is 34.9 Å². The van der Waals surface area contributed by atoms with Gasteiger partial charge in [0.25, 0.3) is 11.8 Å². The van der Waals surface area contributed by atoms with Gasteiger partial charge >= 0.3 is 5.97 Å². The van der Waals surface area contributed by atoms with Crippen LogP contribution in [0.4, 0.5) is 0 Å². The maximum Gasteiger partial charge on any atom is 0.329 e. The lowest BCUT2D eigenvalue weighted by atomic mass is 9.99. The molecule has 1 saturated heterocycles. The van der Waals surface area contributed by atoms with Gasteiger partial charge < -0.3 is 19.3 Å². The van der Waals surface area contributed by atoms with Crippen molar-refractivity contribution in [2.45, 2.75) is 31.7 Å². The molecular formula is C22H26N2O9. The maximum atomic E-state index is 13.0. The van der Waals surface area contributed by atoms with E-state index in [0.29, 0.717) is 43.8 Å². The molecule has 3 rings (SSSR count). The fourth-order valence-electron chi connectivity index (χ4n) is 3.76. The van der Waals surface area contributed by atoms with Crippen LogP contribution in [0.25, 0.3) is 0 Å². The summed E-state index contributed by atoms with van der Waals surface area (Å²) in [6, 6.07) is 4.06. The fraction of sp³-hybridized carbons (Fsp3) is 0.500. The molecule has 33 heavy (non-hydrogen) atoms. The van der Waals surface area contributed by atoms with E-state index in [1.54, 1.807) is 18.2 Å². The minimum atomic E-state index is -1.03. The third-order valence-electron chi connectivity index (χ3n) is 5.26. The van der Waals surface area contributed by atoms with Crippen LogP contribution in [0.3, 0.4) is 0 Å². The number of hydrogen-bond donors (Lipinski definition) is 2. The lowest BCUT2D eigenvalue weighted by Gasteiger charge is -2.27. The Labute approximate surface area is 190 Å². The molecule has 178 valence electrons. The Morgan fingerprint density at radius 3 is 2.39 bits per heavy atom. The summed E-state index contributed by atoms with van der Waals surface area (Å²) < 4.78 is 15.6. The predicted octanol–water partition coefficient (Wildman–Crippen LogP) is 0.155. The van der Waals surface area contributed by atoms with Crippen molar-refractivity contribution in [1.82, 2.24) is 10.2 Å². The number of amides is 4. The Kier molecular flexibility index (Phi) is 8.64. The van der Waals surface area contributed by atoms with Crippen LogP contribution in [0.5, 0.6) is 0 Å². The van der Waals surface area contributed by atoms with Gasteiger partial charge in [0.2, 0.25) is 11.8 Å². The van der Waals surface area contributed by atoms with E-state index >= 15 is 0 Å². The molecule has 0 radical (unpaired) electrons. The van der Waals surface area contributed by atoms with Crippen molar-refractivity contribution in [1.29, 1.82) is 0 Å². The van der Waals surface area contributed by atoms with E-state index < -0.39 is 35.6 Å². The van der Waals surface area contributed by atoms with E-state index in [1.165, 1.54) is 0 Å². The van der Waals surface area contributed by atoms with Gasteiger partial charge in [0.05, 0.1) is 37.6 Å². The quantitative estimate of drug-likeness (QED) is 0.309. The summed E-state index contributed by atoms with van der Waals surface area (Å²) >= 11 is 0. The molecule has 1 atom stereocenters. The third-order valence-corrected chi connectivity index (χ3v) is 5.26. The number of hydrogen-bond acceptors (Lipinski definition) is 8. The van der Waals surface area contributed by atoms with Gasteiger partial charge in [-0.1, -0.05) is 12.1 Å². The second-order valence-corrected chi connectivity index (χ2v) is 7.56. The highest BCUT2D eigenvalue weighted by molar-refractivity contribution is 6.24. The summed E-state index contributed by atoms with van der Waals surface area (Å²) in [7, 11) is 0. The van der Waals surface area contributed by atoms with Gasteiger partial charge in [-0.05, 0) is 30.9 Å². The number of rotatable bonds is 13. The fourth-order valence-corrected chi connectivity index (χ4v) is 3.76. The summed E-state index contributed by atoms with van der Waals surface area (Å²) in [4.78, 5) is 60.7. The summed E-state index contributed by atoms with van der Waals surface area (Å²) in [5, 5.41) is 10.6. The van der Waals surface area contributed by atoms with Gasteiger partial charge in [-0.2, -0.15) is 0 Å². The van der Waals surface area contributed by atoms with E-state index in [4.69, 9.17) is 19.3 Å². The molecule has 1 aromatic carbocycles. The number of imide groups is 2. The van der Waals surface area contributed by atoms with Crippen LogP contribution >= 0.6 is 0 Å². The smallest absolute Gasteiger partial charge is 0.329 e. The topological polar surface area (TPSA) is 149 Å². The molecular weight excluding hydrogens is 436 g/mol. The van der Waals surface area contributed by atoms with Gasteiger partial charge in [-0.15, -0.1) is 0 Å². The highest BCUT2D eigenvalue weighted by atomic mass is 16.5. The molecule has 1 aromatic rings. The van der Waals surface area contributed by atoms with Crippen LogP contribution in [0.2, 0.25) is 0 Å². The first kappa shape index (κ1) is 24.5. The van der Waals surface area contributed by atoms with E-state index in [2.05, 4.69) is 5.32 Å². The Hall–Kier alpha value is -3.15. The minimum absolute atomic E-state index is 0.0765. The zero-order valence-electron chi connectivity index (χ0n) is 18.0. The standard InChI is InChI=1S/C22H26N2O9/c25-17-7-6-16(20(28)23-17)24-21(29)15-5-1-3-14(19(15)22(24)30)4-2-8-31-9-10-32-11-12-33-13-18(26)27/h1,3,5,16H,2,4,6-13H2,(H,26,27)(H,23,25,28). The number of carbonyl (C=O) groups excluding carboxylic acids is 4. The van der Waals surface area contributed by atoms with Gasteiger partial charge in [0.1, 0.15) is 12.6 Å². The Morgan fingerprint density at radius 2 is 1.70 bits per heavy atom.